The number of phenolic OH excluding ortho intramolecular Hbond substituents is 1. The first kappa shape index (κ1) is 11.7. The van der Waals surface area contributed by atoms with Gasteiger partial charge in [-0.2, -0.15) is 0 Å². The molecule has 1 aromatic rings. The third kappa shape index (κ3) is 2.02. The van der Waals surface area contributed by atoms with E-state index in [1.165, 1.54) is 12.1 Å². The van der Waals surface area contributed by atoms with Gasteiger partial charge in [0.1, 0.15) is 11.6 Å². The average molecular weight is 244 g/mol. The third-order valence-corrected chi connectivity index (χ3v) is 3.66. The predicted molar refractivity (Wildman–Crippen MR) is 62.0 cm³/mol. The van der Waals surface area contributed by atoms with Crippen molar-refractivity contribution in [3.63, 3.8) is 0 Å². The molecule has 16 heavy (non-hydrogen) atoms. The first-order chi connectivity index (χ1) is 7.61. The Kier molecular flexibility index (Phi) is 3.36. The van der Waals surface area contributed by atoms with Gasteiger partial charge >= 0.3 is 0 Å². The topological polar surface area (TPSA) is 46.2 Å². The molecule has 0 amide bonds. The van der Waals surface area contributed by atoms with Gasteiger partial charge in [0.25, 0.3) is 0 Å². The molecule has 0 radical (unpaired) electrons. The lowest BCUT2D eigenvalue weighted by molar-refractivity contribution is 0.396. The Morgan fingerprint density at radius 3 is 2.62 bits per heavy atom. The van der Waals surface area contributed by atoms with Gasteiger partial charge in [-0.3, -0.25) is 0 Å². The van der Waals surface area contributed by atoms with Crippen molar-refractivity contribution in [1.29, 1.82) is 0 Å². The normalized spacial score (nSPS) is 18.9. The molecular weight excluding hydrogens is 229 g/mol. The second-order valence-electron chi connectivity index (χ2n) is 4.36. The SMILES string of the molecule is N[C@H](c1c(F)ccc(Cl)c1O)C1CCCC1. The maximum absolute atomic E-state index is 13.6. The van der Waals surface area contributed by atoms with Crippen LogP contribution in [0.5, 0.6) is 5.75 Å². The van der Waals surface area contributed by atoms with Crippen LogP contribution in [0.15, 0.2) is 12.1 Å². The van der Waals surface area contributed by atoms with E-state index in [0.29, 0.717) is 0 Å². The van der Waals surface area contributed by atoms with Crippen molar-refractivity contribution >= 4 is 11.6 Å². The van der Waals surface area contributed by atoms with E-state index in [4.69, 9.17) is 17.3 Å². The molecule has 88 valence electrons. The average Bonchev–Trinajstić information content (AvgIpc) is 2.77. The molecule has 1 aromatic carbocycles. The molecule has 4 heteroatoms. The summed E-state index contributed by atoms with van der Waals surface area (Å²) in [6, 6.07) is 2.14. The van der Waals surface area contributed by atoms with Crippen molar-refractivity contribution in [1.82, 2.24) is 0 Å². The monoisotopic (exact) mass is 243 g/mol. The van der Waals surface area contributed by atoms with Crippen molar-refractivity contribution in [3.05, 3.63) is 28.5 Å². The van der Waals surface area contributed by atoms with Crippen LogP contribution < -0.4 is 5.73 Å². The number of halogens is 2. The number of aromatic hydroxyl groups is 1. The summed E-state index contributed by atoms with van der Waals surface area (Å²) >= 11 is 5.76. The van der Waals surface area contributed by atoms with E-state index in [1.807, 2.05) is 0 Å². The van der Waals surface area contributed by atoms with Crippen molar-refractivity contribution < 1.29 is 9.50 Å². The minimum Gasteiger partial charge on any atom is -0.506 e. The van der Waals surface area contributed by atoms with E-state index >= 15 is 0 Å². The maximum Gasteiger partial charge on any atom is 0.141 e. The lowest BCUT2D eigenvalue weighted by Gasteiger charge is -2.21. The van der Waals surface area contributed by atoms with E-state index in [2.05, 4.69) is 0 Å². The van der Waals surface area contributed by atoms with Crippen LogP contribution in [0.3, 0.4) is 0 Å². The number of rotatable bonds is 2. The van der Waals surface area contributed by atoms with Gasteiger partial charge in [0, 0.05) is 11.6 Å². The van der Waals surface area contributed by atoms with Crippen molar-refractivity contribution in [2.75, 3.05) is 0 Å². The summed E-state index contributed by atoms with van der Waals surface area (Å²) in [5, 5.41) is 9.91. The molecule has 1 atom stereocenters. The van der Waals surface area contributed by atoms with E-state index in [1.54, 1.807) is 0 Å². The van der Waals surface area contributed by atoms with Crippen LogP contribution in [-0.4, -0.2) is 5.11 Å². The highest BCUT2D eigenvalue weighted by atomic mass is 35.5. The summed E-state index contributed by atoms with van der Waals surface area (Å²) < 4.78 is 13.6. The number of hydrogen-bond donors (Lipinski definition) is 2. The Bertz CT molecular complexity index is 391. The van der Waals surface area contributed by atoms with Crippen LogP contribution in [0, 0.1) is 11.7 Å². The molecule has 3 N–H and O–H groups in total. The molecule has 0 saturated heterocycles. The van der Waals surface area contributed by atoms with Gasteiger partial charge in [-0.1, -0.05) is 24.4 Å². The van der Waals surface area contributed by atoms with Gasteiger partial charge in [0.05, 0.1) is 5.02 Å². The standard InChI is InChI=1S/C12H15ClFNO/c13-8-5-6-9(14)10(12(8)16)11(15)7-3-1-2-4-7/h5-7,11,16H,1-4,15H2/t11-/m0/s1. The van der Waals surface area contributed by atoms with Gasteiger partial charge in [0.2, 0.25) is 0 Å². The lowest BCUT2D eigenvalue weighted by Crippen LogP contribution is -2.20. The van der Waals surface area contributed by atoms with Gasteiger partial charge in [0.15, 0.2) is 0 Å². The van der Waals surface area contributed by atoms with E-state index < -0.39 is 11.9 Å². The highest BCUT2D eigenvalue weighted by Crippen LogP contribution is 2.40. The van der Waals surface area contributed by atoms with Crippen LogP contribution in [0.2, 0.25) is 5.02 Å². The molecule has 2 nitrogen and oxygen atoms in total. The molecule has 0 aromatic heterocycles. The minimum absolute atomic E-state index is 0.157. The molecule has 1 saturated carbocycles. The highest BCUT2D eigenvalue weighted by Gasteiger charge is 2.28. The Balaban J connectivity index is 2.34. The van der Waals surface area contributed by atoms with Crippen molar-refractivity contribution in [2.24, 2.45) is 11.7 Å². The number of hydrogen-bond acceptors (Lipinski definition) is 2. The fraction of sp³-hybridized carbons (Fsp3) is 0.500. The smallest absolute Gasteiger partial charge is 0.141 e. The Morgan fingerprint density at radius 2 is 2.00 bits per heavy atom. The first-order valence-corrected chi connectivity index (χ1v) is 5.91. The molecule has 1 aliphatic rings. The second kappa shape index (κ2) is 4.60. The number of benzene rings is 1. The number of nitrogens with two attached hydrogens (primary N) is 1. The largest absolute Gasteiger partial charge is 0.506 e. The summed E-state index contributed by atoms with van der Waals surface area (Å²) in [6.45, 7) is 0. The van der Waals surface area contributed by atoms with E-state index in [9.17, 15) is 9.50 Å². The maximum atomic E-state index is 13.6. The molecule has 2 rings (SSSR count). The predicted octanol–water partition coefficient (Wildman–Crippen LogP) is 3.37. The lowest BCUT2D eigenvalue weighted by atomic mass is 9.91. The second-order valence-corrected chi connectivity index (χ2v) is 4.77. The molecule has 0 unspecified atom stereocenters. The highest BCUT2D eigenvalue weighted by molar-refractivity contribution is 6.32. The summed E-state index contributed by atoms with van der Waals surface area (Å²) in [5.74, 6) is -0.429. The summed E-state index contributed by atoms with van der Waals surface area (Å²) in [5.41, 5.74) is 6.18. The van der Waals surface area contributed by atoms with Crippen LogP contribution in [0.1, 0.15) is 37.3 Å². The van der Waals surface area contributed by atoms with Crippen molar-refractivity contribution in [2.45, 2.75) is 31.7 Å². The van der Waals surface area contributed by atoms with Gasteiger partial charge < -0.3 is 10.8 Å². The van der Waals surface area contributed by atoms with Gasteiger partial charge in [-0.25, -0.2) is 4.39 Å². The van der Waals surface area contributed by atoms with Crippen molar-refractivity contribution in [3.8, 4) is 5.75 Å². The summed E-state index contributed by atoms with van der Waals surface area (Å²) in [7, 11) is 0. The van der Waals surface area contributed by atoms with E-state index in [-0.39, 0.29) is 22.3 Å². The summed E-state index contributed by atoms with van der Waals surface area (Å²) in [4.78, 5) is 0. The zero-order chi connectivity index (χ0) is 11.7. The number of phenols is 1. The molecule has 0 aliphatic heterocycles. The fourth-order valence-corrected chi connectivity index (χ4v) is 2.59. The van der Waals surface area contributed by atoms with Crippen LogP contribution in [-0.2, 0) is 0 Å². The molecule has 0 spiro atoms. The minimum atomic E-state index is -0.471. The summed E-state index contributed by atoms with van der Waals surface area (Å²) in [6.07, 6.45) is 4.24. The molecule has 0 bridgehead atoms. The Labute approximate surface area is 99.2 Å². The van der Waals surface area contributed by atoms with Gasteiger partial charge in [-0.15, -0.1) is 0 Å². The quantitative estimate of drug-likeness (QED) is 0.837. The third-order valence-electron chi connectivity index (χ3n) is 3.36. The Hall–Kier alpha value is -0.800. The molecule has 0 heterocycles. The zero-order valence-corrected chi connectivity index (χ0v) is 9.67. The van der Waals surface area contributed by atoms with Crippen LogP contribution in [0.25, 0.3) is 0 Å². The molecule has 1 fully saturated rings. The van der Waals surface area contributed by atoms with Crippen LogP contribution in [0.4, 0.5) is 4.39 Å². The fourth-order valence-electron chi connectivity index (χ4n) is 2.43. The first-order valence-electron chi connectivity index (χ1n) is 5.53. The van der Waals surface area contributed by atoms with E-state index in [0.717, 1.165) is 25.7 Å². The van der Waals surface area contributed by atoms with Crippen LogP contribution >= 0.6 is 11.6 Å². The zero-order valence-electron chi connectivity index (χ0n) is 8.92. The van der Waals surface area contributed by atoms with Gasteiger partial charge in [-0.05, 0) is 30.9 Å². The Morgan fingerprint density at radius 1 is 1.38 bits per heavy atom. The molecule has 1 aliphatic carbocycles. The molecular formula is C12H15ClFNO.